The molecule has 12 heterocycles. The summed E-state index contributed by atoms with van der Waals surface area (Å²) in [6.45, 7) is 14.9. The van der Waals surface area contributed by atoms with E-state index in [1.165, 1.54) is 57.6 Å². The number of methoxy groups -OCH3 is 3. The number of nitrogens with one attached hydrogen (secondary N) is 6. The van der Waals surface area contributed by atoms with Gasteiger partial charge in [0.2, 0.25) is 0 Å². The number of nitrogens with two attached hydrogens (primary N) is 1. The molecule has 5 amide bonds. The molecular weight excluding hydrogens is 1660 g/mol. The fourth-order valence-electron chi connectivity index (χ4n) is 15.4. The van der Waals surface area contributed by atoms with Crippen LogP contribution in [0.1, 0.15) is 149 Å². The summed E-state index contributed by atoms with van der Waals surface area (Å²) in [6, 6.07) is 14.9. The third-order valence-electron chi connectivity index (χ3n) is 22.5. The van der Waals surface area contributed by atoms with Crippen LogP contribution < -0.4 is 64.1 Å². The number of pyridine rings is 3. The van der Waals surface area contributed by atoms with Crippen LogP contribution in [0.15, 0.2) is 106 Å². The van der Waals surface area contributed by atoms with Crippen LogP contribution in [-0.2, 0) is 23.7 Å². The molecule has 124 heavy (non-hydrogen) atoms. The van der Waals surface area contributed by atoms with Gasteiger partial charge in [0.05, 0.1) is 78.8 Å². The van der Waals surface area contributed by atoms with E-state index in [1.807, 2.05) is 20.8 Å². The van der Waals surface area contributed by atoms with Gasteiger partial charge in [-0.2, -0.15) is 28.8 Å². The Labute approximate surface area is 725 Å². The average molecular weight is 1770 g/mol. The van der Waals surface area contributed by atoms with Crippen molar-refractivity contribution < 1.29 is 60.8 Å². The number of amides is 5. The lowest BCUT2D eigenvalue weighted by Crippen LogP contribution is -2.51. The summed E-state index contributed by atoms with van der Waals surface area (Å²) in [6.07, 6.45) is 15.9. The largest absolute Gasteiger partial charge is 0.443 e. The van der Waals surface area contributed by atoms with Crippen LogP contribution in [0.3, 0.4) is 0 Å². The summed E-state index contributed by atoms with van der Waals surface area (Å²) in [5.41, 5.74) is 6.09. The van der Waals surface area contributed by atoms with Gasteiger partial charge in [-0.25, -0.2) is 37.7 Å². The fourth-order valence-corrected chi connectivity index (χ4v) is 15.6. The summed E-state index contributed by atoms with van der Waals surface area (Å²) < 4.78 is 74.2. The molecule has 37 nitrogen and oxygen atoms in total. The van der Waals surface area contributed by atoms with Crippen molar-refractivity contribution in [3.8, 4) is 0 Å². The number of nitrogen functional groups attached to an aromatic ring is 1. The summed E-state index contributed by atoms with van der Waals surface area (Å²) in [5, 5.41) is 31.2. The summed E-state index contributed by atoms with van der Waals surface area (Å²) >= 11 is 6.15. The van der Waals surface area contributed by atoms with E-state index in [0.29, 0.717) is 67.1 Å². The highest BCUT2D eigenvalue weighted by Crippen LogP contribution is 2.33. The van der Waals surface area contributed by atoms with Gasteiger partial charge in [-0.1, -0.05) is 11.6 Å². The Hall–Kier alpha value is -11.0. The van der Waals surface area contributed by atoms with Crippen LogP contribution in [0.25, 0.3) is 16.9 Å². The van der Waals surface area contributed by atoms with Crippen molar-refractivity contribution >= 4 is 117 Å². The first-order valence-electron chi connectivity index (χ1n) is 41.1. The molecule has 15 rings (SSSR count). The Morgan fingerprint density at radius 3 is 1.23 bits per heavy atom. The second-order valence-electron chi connectivity index (χ2n) is 33.0. The molecule has 3 unspecified atom stereocenters. The van der Waals surface area contributed by atoms with Crippen LogP contribution in [0.2, 0.25) is 5.15 Å². The highest BCUT2D eigenvalue weighted by molar-refractivity contribution is 6.30. The van der Waals surface area contributed by atoms with Gasteiger partial charge in [-0.3, -0.25) is 53.3 Å². The molecule has 8 N–H and O–H groups in total. The second-order valence-corrected chi connectivity index (χ2v) is 33.3. The van der Waals surface area contributed by atoms with Crippen molar-refractivity contribution in [3.05, 3.63) is 145 Å². The van der Waals surface area contributed by atoms with Crippen molar-refractivity contribution in [3.63, 3.8) is 0 Å². The van der Waals surface area contributed by atoms with Crippen LogP contribution in [0.4, 0.5) is 68.9 Å². The fraction of sp³-hybridized carbons (Fsp3) is 0.537. The molecule has 6 aliphatic rings. The van der Waals surface area contributed by atoms with E-state index in [-0.39, 0.29) is 159 Å². The normalized spacial score (nSPS) is 20.6. The molecule has 9 aromatic heterocycles. The van der Waals surface area contributed by atoms with Crippen LogP contribution in [-0.4, -0.2) is 271 Å². The Morgan fingerprint density at radius 2 is 0.863 bits per heavy atom. The lowest BCUT2D eigenvalue weighted by Gasteiger charge is -2.35. The molecule has 0 radical (unpaired) electrons. The van der Waals surface area contributed by atoms with Crippen molar-refractivity contribution in [2.75, 3.05) is 153 Å². The maximum absolute atomic E-state index is 13.5. The number of carbonyl (C=O) groups excluding carboxylic acids is 5. The first-order chi connectivity index (χ1) is 58.8. The molecular formula is C82H111Cl2F3N24O13. The molecule has 3 saturated carbocycles. The van der Waals surface area contributed by atoms with Gasteiger partial charge < -0.3 is 75.0 Å². The molecule has 0 spiro atoms. The number of fused-ring (bicyclic) bond motifs is 3. The predicted molar refractivity (Wildman–Crippen MR) is 465 cm³/mol. The third kappa shape index (κ3) is 22.0. The van der Waals surface area contributed by atoms with Gasteiger partial charge >= 0.3 is 12.2 Å². The Kier molecular flexibility index (Phi) is 31.1. The van der Waals surface area contributed by atoms with Crippen molar-refractivity contribution in [2.45, 2.75) is 165 Å². The Balaban J connectivity index is 0.000000168. The zero-order valence-corrected chi connectivity index (χ0v) is 73.2. The summed E-state index contributed by atoms with van der Waals surface area (Å²) in [4.78, 5) is 125. The summed E-state index contributed by atoms with van der Waals surface area (Å²) in [7, 11) is 9.69. The number of hydrogen-bond donors (Lipinski definition) is 7. The van der Waals surface area contributed by atoms with E-state index in [2.05, 4.69) is 62.1 Å². The van der Waals surface area contributed by atoms with Crippen molar-refractivity contribution in [2.24, 2.45) is 0 Å². The van der Waals surface area contributed by atoms with Gasteiger partial charge in [0, 0.05) is 138 Å². The molecule has 42 heteroatoms. The second kappa shape index (κ2) is 41.2. The highest BCUT2D eigenvalue weighted by atomic mass is 35.5. The summed E-state index contributed by atoms with van der Waals surface area (Å²) in [5.74, 6) is 0.875. The van der Waals surface area contributed by atoms with Crippen molar-refractivity contribution in [1.82, 2.24) is 88.1 Å². The molecule has 9 atom stereocenters. The Bertz CT molecular complexity index is 5440. The van der Waals surface area contributed by atoms with E-state index < -0.39 is 36.7 Å². The lowest BCUT2D eigenvalue weighted by molar-refractivity contribution is 0.00731. The van der Waals surface area contributed by atoms with Crippen LogP contribution >= 0.6 is 24.0 Å². The number of carbonyl (C=O) groups is 5. The predicted octanol–water partition coefficient (Wildman–Crippen LogP) is 8.66. The minimum atomic E-state index is -0.746. The quantitative estimate of drug-likeness (QED) is 0.0263. The number of aromatic nitrogens is 12. The van der Waals surface area contributed by atoms with Gasteiger partial charge in [-0.15, -0.1) is 12.4 Å². The zero-order chi connectivity index (χ0) is 88.3. The lowest BCUT2D eigenvalue weighted by atomic mass is 9.89. The topological polar surface area (TPSA) is 402 Å². The van der Waals surface area contributed by atoms with Gasteiger partial charge in [0.25, 0.3) is 34.4 Å². The number of anilines is 8. The minimum Gasteiger partial charge on any atom is -0.443 e. The van der Waals surface area contributed by atoms with Crippen LogP contribution in [0, 0.1) is 0 Å². The van der Waals surface area contributed by atoms with Crippen molar-refractivity contribution in [1.29, 1.82) is 0 Å². The van der Waals surface area contributed by atoms with Gasteiger partial charge in [-0.05, 0) is 136 Å². The van der Waals surface area contributed by atoms with E-state index in [1.54, 1.807) is 149 Å². The van der Waals surface area contributed by atoms with Gasteiger partial charge in [0.1, 0.15) is 93.5 Å². The van der Waals surface area contributed by atoms with E-state index in [4.69, 9.17) is 41.0 Å². The van der Waals surface area contributed by atoms with Crippen LogP contribution in [0.5, 0.6) is 0 Å². The number of halogens is 5. The number of nitrogens with zero attached hydrogens (tertiary/aromatic N) is 17. The maximum atomic E-state index is 13.5. The first kappa shape index (κ1) is 93.7. The maximum Gasteiger partial charge on any atom is 0.415 e. The first-order valence-corrected chi connectivity index (χ1v) is 41.4. The van der Waals surface area contributed by atoms with E-state index in [9.17, 15) is 51.5 Å². The molecule has 0 bridgehead atoms. The number of likely N-dealkylation sites (tertiary alicyclic amines) is 3. The average Bonchev–Trinajstić information content (AvgIpc) is 1.62. The molecule has 3 saturated heterocycles. The smallest absolute Gasteiger partial charge is 0.415 e. The monoisotopic (exact) mass is 1770 g/mol. The van der Waals surface area contributed by atoms with E-state index in [0.717, 1.165) is 84.0 Å². The van der Waals surface area contributed by atoms with Gasteiger partial charge in [0.15, 0.2) is 16.9 Å². The molecule has 672 valence electrons. The zero-order valence-electron chi connectivity index (χ0n) is 71.6. The Morgan fingerprint density at radius 1 is 0.508 bits per heavy atom. The molecule has 9 aromatic rings. The highest BCUT2D eigenvalue weighted by Gasteiger charge is 2.38. The number of rotatable bonds is 25. The third-order valence-corrected chi connectivity index (χ3v) is 22.6. The van der Waals surface area contributed by atoms with E-state index >= 15 is 0 Å². The molecule has 6 fully saturated rings. The number of hydrogen-bond acceptors (Lipinski definition) is 26. The molecule has 3 aliphatic heterocycles. The molecule has 3 aliphatic carbocycles. The number of alkyl halides is 3. The molecule has 0 aromatic carbocycles. The SMILES string of the molecule is CNc1cc(Nc2cccn([C@H]3CCN(CCF)C3)c2=O)nc2c(C(=O)NC3CC[C@@H]3OC)cnn12.CO[C@H]1CCC1NC(=O)c1cnn2c(N(C)C(=O)OC(C)(C)C)cc(Cl)nc12.CO[C@H]1CCC1NC(=O)c1cnn2c(N(C)C(=O)OC(C)(C)C)cc(Nc3cccn([C@H]4CCN(CCF)C4)c3=O)nc12.Cl.Nc1cccn([C@H]2CCN(CCF)C2)c1=O. The number of ether oxygens (including phenoxy) is 5. The minimum absolute atomic E-state index is 0. The standard InChI is InChI=1S/C29H39FN8O5.C24H31FN8O3.C18H24ClN5O4.C11H16FN3O.ClH/c1-29(2,3)43-28(41)35(4)24-15-23(32-21-7-6-12-37(27(21)40)18-10-13-36(17-18)14-11-30)34-25-19(16-31-38(24)25)26(39)33-20-8-9-22(20)42-5;1-26-21-12-20(28-18-4-3-9-32(24(18)35)15-7-10-31(14-15)11-8-25)30-22-16(13-27-33(21)22)23(34)29-17-5-6-19(17)36-2;1-18(2,3)28-17(26)23(4)14-8-13(19)22-15-10(9-20-24(14)15)16(25)21-11-6-7-12(11)27-5;12-4-7-14-6-3-9(8-14)15-5-1-2-10(13)11(15)16;/h6-7,12,15-16,18,20,22H,8-11,13-14,17H2,1-5H3,(H,32,34)(H,33,39);3-4,9,12-13,15,17,19,26H,5-8,10-11,14H2,1-2H3,(H,28,30)(H,29,34);8-9,11-12H,6-7H2,1-5H3,(H,21,25);1-2,5,9H,3-4,6-8,13H2;1H/t18-,20?,22-;15-,17?,19-;11?,12-;9-;/m0000./s1.